The first kappa shape index (κ1) is 23.3. The van der Waals surface area contributed by atoms with E-state index in [1.54, 1.807) is 4.57 Å². The van der Waals surface area contributed by atoms with Gasteiger partial charge in [-0.15, -0.1) is 0 Å². The summed E-state index contributed by atoms with van der Waals surface area (Å²) in [5.41, 5.74) is 4.88. The maximum Gasteiger partial charge on any atom is 0.230 e. The van der Waals surface area contributed by atoms with E-state index in [1.807, 2.05) is 51.8 Å². The molecular weight excluding hydrogens is 385 g/mol. The van der Waals surface area contributed by atoms with Crippen molar-refractivity contribution in [3.8, 4) is 0 Å². The number of rotatable bonds is 4. The summed E-state index contributed by atoms with van der Waals surface area (Å²) in [6.07, 6.45) is 5.39. The van der Waals surface area contributed by atoms with Crippen molar-refractivity contribution in [1.29, 1.82) is 0 Å². The third kappa shape index (κ3) is 3.86. The van der Waals surface area contributed by atoms with Crippen molar-refractivity contribution in [2.45, 2.75) is 53.5 Å². The van der Waals surface area contributed by atoms with Crippen LogP contribution in [-0.2, 0) is 11.2 Å². The Hall–Kier alpha value is -2.34. The Morgan fingerprint density at radius 2 is 1.84 bits per heavy atom. The van der Waals surface area contributed by atoms with E-state index < -0.39 is 0 Å². The maximum atomic E-state index is 13.0. The highest BCUT2D eigenvalue weighted by molar-refractivity contribution is 6.39. The van der Waals surface area contributed by atoms with E-state index >= 15 is 0 Å². The number of amides is 1. The molecule has 0 bridgehead atoms. The molecule has 0 spiro atoms. The molecule has 0 saturated carbocycles. The Balaban J connectivity index is 0.00000132. The Morgan fingerprint density at radius 1 is 1.16 bits per heavy atom. The van der Waals surface area contributed by atoms with Gasteiger partial charge < -0.3 is 4.90 Å². The molecule has 31 heavy (non-hydrogen) atoms. The molecule has 0 fully saturated rings. The average Bonchev–Trinajstić information content (AvgIpc) is 3.18. The lowest BCUT2D eigenvalue weighted by atomic mass is 9.78. The maximum absolute atomic E-state index is 13.0. The summed E-state index contributed by atoms with van der Waals surface area (Å²) >= 11 is 0. The molecule has 2 radical (unpaired) electrons. The molecule has 2 aromatic rings. The Kier molecular flexibility index (Phi) is 7.10. The second-order valence-corrected chi connectivity index (χ2v) is 8.10. The average molecular weight is 419 g/mol. The summed E-state index contributed by atoms with van der Waals surface area (Å²) in [6.45, 7) is 12.1. The number of hydrogen-bond acceptors (Lipinski definition) is 3. The van der Waals surface area contributed by atoms with Crippen LogP contribution in [0.5, 0.6) is 0 Å². The summed E-state index contributed by atoms with van der Waals surface area (Å²) in [7, 11) is 8.38. The Morgan fingerprint density at radius 3 is 2.45 bits per heavy atom. The molecular formula is C25H34BN3O2. The van der Waals surface area contributed by atoms with E-state index in [1.165, 1.54) is 5.57 Å². The molecule has 1 unspecified atom stereocenters. The lowest BCUT2D eigenvalue weighted by Crippen LogP contribution is -2.47. The van der Waals surface area contributed by atoms with Gasteiger partial charge >= 0.3 is 0 Å². The van der Waals surface area contributed by atoms with Crippen LogP contribution in [0.25, 0.3) is 16.5 Å². The lowest BCUT2D eigenvalue weighted by molar-refractivity contribution is -0.134. The van der Waals surface area contributed by atoms with Crippen LogP contribution >= 0.6 is 0 Å². The fourth-order valence-electron chi connectivity index (χ4n) is 4.96. The van der Waals surface area contributed by atoms with Gasteiger partial charge in [-0.2, -0.15) is 0 Å². The van der Waals surface area contributed by atoms with Crippen molar-refractivity contribution in [2.24, 2.45) is 5.92 Å². The normalized spacial score (nSPS) is 19.9. The zero-order valence-electron chi connectivity index (χ0n) is 19.7. The zero-order chi connectivity index (χ0) is 22.9. The van der Waals surface area contributed by atoms with E-state index in [0.29, 0.717) is 18.4 Å². The van der Waals surface area contributed by atoms with Gasteiger partial charge in [0, 0.05) is 49.2 Å². The SMILES string of the molecule is CC.[B]c1ccc2c3c(cn(C(=O)CC)c13)CC1C2=C[C@@H](C(=O)N(CC)CC)CN1C. The highest BCUT2D eigenvalue weighted by Crippen LogP contribution is 2.41. The molecule has 5 nitrogen and oxygen atoms in total. The quantitative estimate of drug-likeness (QED) is 0.715. The predicted octanol–water partition coefficient (Wildman–Crippen LogP) is 3.25. The molecule has 1 aromatic heterocycles. The molecule has 2 aliphatic rings. The van der Waals surface area contributed by atoms with Crippen LogP contribution < -0.4 is 5.46 Å². The van der Waals surface area contributed by atoms with Crippen LogP contribution in [0, 0.1) is 5.92 Å². The molecule has 164 valence electrons. The van der Waals surface area contributed by atoms with Crippen molar-refractivity contribution in [1.82, 2.24) is 14.4 Å². The van der Waals surface area contributed by atoms with E-state index in [0.717, 1.165) is 41.5 Å². The van der Waals surface area contributed by atoms with Crippen LogP contribution in [0.4, 0.5) is 0 Å². The second kappa shape index (κ2) is 9.43. The molecule has 0 saturated heterocycles. The van der Waals surface area contributed by atoms with E-state index in [-0.39, 0.29) is 23.8 Å². The third-order valence-corrected chi connectivity index (χ3v) is 6.50. The number of carbonyl (C=O) groups is 2. The number of nitrogens with zero attached hydrogens (tertiary/aromatic N) is 3. The van der Waals surface area contributed by atoms with Crippen molar-refractivity contribution >= 4 is 41.6 Å². The van der Waals surface area contributed by atoms with Gasteiger partial charge in [-0.05, 0) is 44.0 Å². The summed E-state index contributed by atoms with van der Waals surface area (Å²) in [5, 5.41) is 1.07. The number of hydrogen-bond donors (Lipinski definition) is 0. The minimum Gasteiger partial charge on any atom is -0.343 e. The fourth-order valence-corrected chi connectivity index (χ4v) is 4.96. The van der Waals surface area contributed by atoms with Crippen LogP contribution in [0.2, 0.25) is 0 Å². The number of likely N-dealkylation sites (N-methyl/N-ethyl adjacent to an activating group) is 1. The summed E-state index contributed by atoms with van der Waals surface area (Å²) in [4.78, 5) is 29.8. The van der Waals surface area contributed by atoms with Gasteiger partial charge in [0.15, 0.2) is 0 Å². The van der Waals surface area contributed by atoms with E-state index in [4.69, 9.17) is 7.85 Å². The first-order valence-electron chi connectivity index (χ1n) is 11.6. The summed E-state index contributed by atoms with van der Waals surface area (Å²) < 4.78 is 1.72. The van der Waals surface area contributed by atoms with Gasteiger partial charge in [-0.1, -0.05) is 44.4 Å². The number of benzene rings is 1. The van der Waals surface area contributed by atoms with Gasteiger partial charge in [0.25, 0.3) is 0 Å². The minimum absolute atomic E-state index is 0.0480. The van der Waals surface area contributed by atoms with E-state index in [2.05, 4.69) is 24.1 Å². The van der Waals surface area contributed by atoms with E-state index in [9.17, 15) is 9.59 Å². The van der Waals surface area contributed by atoms with Crippen LogP contribution in [0.1, 0.15) is 57.0 Å². The van der Waals surface area contributed by atoms with Gasteiger partial charge in [-0.25, -0.2) is 0 Å². The largest absolute Gasteiger partial charge is 0.343 e. The van der Waals surface area contributed by atoms with Gasteiger partial charge in [0.05, 0.1) is 5.92 Å². The van der Waals surface area contributed by atoms with Gasteiger partial charge in [-0.3, -0.25) is 19.1 Å². The van der Waals surface area contributed by atoms with Crippen molar-refractivity contribution in [3.63, 3.8) is 0 Å². The van der Waals surface area contributed by atoms with Crippen molar-refractivity contribution in [3.05, 3.63) is 35.5 Å². The Labute approximate surface area is 187 Å². The summed E-state index contributed by atoms with van der Waals surface area (Å²) in [6, 6.07) is 4.15. The minimum atomic E-state index is -0.153. The zero-order valence-corrected chi connectivity index (χ0v) is 19.7. The predicted molar refractivity (Wildman–Crippen MR) is 129 cm³/mol. The molecule has 6 heteroatoms. The topological polar surface area (TPSA) is 45.6 Å². The highest BCUT2D eigenvalue weighted by Gasteiger charge is 2.37. The molecule has 1 aliphatic carbocycles. The molecule has 1 amide bonds. The first-order chi connectivity index (χ1) is 14.9. The molecule has 2 heterocycles. The number of carbonyl (C=O) groups excluding carboxylic acids is 2. The monoisotopic (exact) mass is 419 g/mol. The molecule has 1 aliphatic heterocycles. The van der Waals surface area contributed by atoms with Crippen molar-refractivity contribution < 1.29 is 9.59 Å². The summed E-state index contributed by atoms with van der Waals surface area (Å²) in [5.74, 6) is 0.0792. The first-order valence-corrected chi connectivity index (χ1v) is 11.6. The lowest BCUT2D eigenvalue weighted by Gasteiger charge is -2.40. The molecule has 2 atom stereocenters. The molecule has 4 rings (SSSR count). The fraction of sp³-hybridized carbons (Fsp3) is 0.520. The van der Waals surface area contributed by atoms with Crippen LogP contribution in [-0.4, -0.2) is 66.8 Å². The van der Waals surface area contributed by atoms with Gasteiger partial charge in [0.1, 0.15) is 7.85 Å². The Bertz CT molecular complexity index is 1020. The van der Waals surface area contributed by atoms with Crippen LogP contribution in [0.15, 0.2) is 24.4 Å². The standard InChI is InChI=1S/C23H28BN3O2.C2H6/c1-5-20(28)27-13-14-11-19-17(16-8-9-18(24)22(27)21(14)16)10-15(12-25(19)4)23(29)26(6-2)7-3;1-2/h8-10,13,15,19H,5-7,11-12H2,1-4H3;1-2H3/t15-,19?;/m1./s1. The van der Waals surface area contributed by atoms with Gasteiger partial charge in [0.2, 0.25) is 11.8 Å². The number of aromatic nitrogens is 1. The highest BCUT2D eigenvalue weighted by atomic mass is 16.2. The molecule has 1 aromatic carbocycles. The molecule has 0 N–H and O–H groups in total. The van der Waals surface area contributed by atoms with Crippen LogP contribution in [0.3, 0.4) is 0 Å². The number of fused-ring (bicyclic) bond motifs is 2. The smallest absolute Gasteiger partial charge is 0.230 e. The third-order valence-electron chi connectivity index (χ3n) is 6.50. The van der Waals surface area contributed by atoms with Crippen molar-refractivity contribution in [2.75, 3.05) is 26.7 Å². The second-order valence-electron chi connectivity index (χ2n) is 8.10.